The van der Waals surface area contributed by atoms with Gasteiger partial charge in [0.1, 0.15) is 0 Å². The summed E-state index contributed by atoms with van der Waals surface area (Å²) >= 11 is 1.34. The van der Waals surface area contributed by atoms with Gasteiger partial charge in [0, 0.05) is 18.1 Å². The molecule has 5 heteroatoms. The molecule has 1 heterocycles. The standard InChI is InChI=1S/C12H12N2O2S/c1-8-3-5-9(6-4-8)17-10-7-13-12(16)14(2)11(10)15/h3-7H,1-2H3,(H,13,16). The van der Waals surface area contributed by atoms with E-state index in [2.05, 4.69) is 4.98 Å². The van der Waals surface area contributed by atoms with Crippen LogP contribution in [0.5, 0.6) is 0 Å². The average molecular weight is 248 g/mol. The van der Waals surface area contributed by atoms with E-state index in [1.807, 2.05) is 31.2 Å². The van der Waals surface area contributed by atoms with Crippen LogP contribution in [-0.4, -0.2) is 9.55 Å². The molecule has 0 aliphatic heterocycles. The van der Waals surface area contributed by atoms with Crippen LogP contribution in [0.4, 0.5) is 0 Å². The van der Waals surface area contributed by atoms with Gasteiger partial charge in [-0.25, -0.2) is 4.79 Å². The number of benzene rings is 1. The van der Waals surface area contributed by atoms with Crippen LogP contribution < -0.4 is 11.2 Å². The normalized spacial score (nSPS) is 10.5. The van der Waals surface area contributed by atoms with Gasteiger partial charge in [-0.05, 0) is 19.1 Å². The minimum Gasteiger partial charge on any atom is -0.313 e. The van der Waals surface area contributed by atoms with E-state index in [1.54, 1.807) is 0 Å². The van der Waals surface area contributed by atoms with E-state index in [1.165, 1.54) is 30.6 Å². The van der Waals surface area contributed by atoms with E-state index in [0.29, 0.717) is 4.90 Å². The number of aromatic nitrogens is 2. The molecule has 0 amide bonds. The SMILES string of the molecule is Cc1ccc(Sc2c[nH]c(=O)n(C)c2=O)cc1. The number of nitrogens with one attached hydrogen (secondary N) is 1. The van der Waals surface area contributed by atoms with Crippen molar-refractivity contribution in [3.63, 3.8) is 0 Å². The number of aromatic amines is 1. The number of hydrogen-bond acceptors (Lipinski definition) is 3. The molecule has 88 valence electrons. The van der Waals surface area contributed by atoms with E-state index in [0.717, 1.165) is 9.46 Å². The maximum absolute atomic E-state index is 11.8. The summed E-state index contributed by atoms with van der Waals surface area (Å²) < 4.78 is 1.07. The van der Waals surface area contributed by atoms with Gasteiger partial charge >= 0.3 is 5.69 Å². The number of H-pyrrole nitrogens is 1. The van der Waals surface area contributed by atoms with Crippen LogP contribution in [-0.2, 0) is 7.05 Å². The smallest absolute Gasteiger partial charge is 0.313 e. The Kier molecular flexibility index (Phi) is 3.19. The molecule has 0 aliphatic rings. The van der Waals surface area contributed by atoms with Gasteiger partial charge in [0.15, 0.2) is 0 Å². The zero-order chi connectivity index (χ0) is 12.4. The van der Waals surface area contributed by atoms with E-state index in [4.69, 9.17) is 0 Å². The molecule has 0 radical (unpaired) electrons. The Morgan fingerprint density at radius 1 is 1.18 bits per heavy atom. The average Bonchev–Trinajstić information content (AvgIpc) is 2.33. The van der Waals surface area contributed by atoms with Gasteiger partial charge in [0.2, 0.25) is 0 Å². The first-order chi connectivity index (χ1) is 8.08. The van der Waals surface area contributed by atoms with E-state index >= 15 is 0 Å². The predicted molar refractivity (Wildman–Crippen MR) is 67.6 cm³/mol. The summed E-state index contributed by atoms with van der Waals surface area (Å²) in [5.74, 6) is 0. The van der Waals surface area contributed by atoms with Crippen molar-refractivity contribution in [2.75, 3.05) is 0 Å². The summed E-state index contributed by atoms with van der Waals surface area (Å²) in [4.78, 5) is 27.0. The van der Waals surface area contributed by atoms with Gasteiger partial charge in [-0.1, -0.05) is 29.5 Å². The van der Waals surface area contributed by atoms with E-state index < -0.39 is 5.69 Å². The molecule has 0 saturated heterocycles. The zero-order valence-corrected chi connectivity index (χ0v) is 10.4. The topological polar surface area (TPSA) is 54.9 Å². The molecular formula is C12H12N2O2S. The Labute approximate surface area is 102 Å². The Hall–Kier alpha value is -1.75. The number of nitrogens with zero attached hydrogens (tertiary/aromatic N) is 1. The molecule has 0 aliphatic carbocycles. The first-order valence-electron chi connectivity index (χ1n) is 5.11. The quantitative estimate of drug-likeness (QED) is 0.877. The molecule has 0 saturated carbocycles. The van der Waals surface area contributed by atoms with Crippen LogP contribution >= 0.6 is 11.8 Å². The summed E-state index contributed by atoms with van der Waals surface area (Å²) in [6.45, 7) is 2.01. The van der Waals surface area contributed by atoms with Crippen LogP contribution in [0.2, 0.25) is 0 Å². The summed E-state index contributed by atoms with van der Waals surface area (Å²) in [5.41, 5.74) is 0.492. The summed E-state index contributed by atoms with van der Waals surface area (Å²) in [7, 11) is 1.46. The maximum atomic E-state index is 11.8. The largest absolute Gasteiger partial charge is 0.328 e. The minimum absolute atomic E-state index is 0.278. The lowest BCUT2D eigenvalue weighted by atomic mass is 10.2. The van der Waals surface area contributed by atoms with Crippen molar-refractivity contribution in [2.24, 2.45) is 7.05 Å². The van der Waals surface area contributed by atoms with Crippen molar-refractivity contribution in [2.45, 2.75) is 16.7 Å². The fourth-order valence-corrected chi connectivity index (χ4v) is 2.22. The van der Waals surface area contributed by atoms with Gasteiger partial charge in [-0.15, -0.1) is 0 Å². The molecule has 0 fully saturated rings. The highest BCUT2D eigenvalue weighted by molar-refractivity contribution is 7.99. The van der Waals surface area contributed by atoms with Gasteiger partial charge in [-0.2, -0.15) is 0 Å². The maximum Gasteiger partial charge on any atom is 0.328 e. The molecule has 1 aromatic heterocycles. The minimum atomic E-state index is -0.400. The summed E-state index contributed by atoms with van der Waals surface area (Å²) in [6.07, 6.45) is 1.45. The summed E-state index contributed by atoms with van der Waals surface area (Å²) in [5, 5.41) is 0. The molecule has 2 rings (SSSR count). The van der Waals surface area contributed by atoms with Crippen molar-refractivity contribution in [3.8, 4) is 0 Å². The second kappa shape index (κ2) is 4.63. The molecule has 1 N–H and O–H groups in total. The molecule has 2 aromatic rings. The van der Waals surface area contributed by atoms with Crippen molar-refractivity contribution in [1.29, 1.82) is 0 Å². The van der Waals surface area contributed by atoms with Crippen LogP contribution in [0.3, 0.4) is 0 Å². The second-order valence-electron chi connectivity index (χ2n) is 3.74. The highest BCUT2D eigenvalue weighted by atomic mass is 32.2. The lowest BCUT2D eigenvalue weighted by Crippen LogP contribution is -2.32. The lowest BCUT2D eigenvalue weighted by Gasteiger charge is -2.02. The van der Waals surface area contributed by atoms with Crippen molar-refractivity contribution in [3.05, 3.63) is 56.9 Å². The summed E-state index contributed by atoms with van der Waals surface area (Å²) in [6, 6.07) is 7.87. The van der Waals surface area contributed by atoms with Crippen molar-refractivity contribution < 1.29 is 0 Å². The lowest BCUT2D eigenvalue weighted by molar-refractivity contribution is 0.748. The third-order valence-electron chi connectivity index (χ3n) is 2.40. The molecule has 0 spiro atoms. The second-order valence-corrected chi connectivity index (χ2v) is 4.85. The first kappa shape index (κ1) is 11.7. The first-order valence-corrected chi connectivity index (χ1v) is 5.93. The zero-order valence-electron chi connectivity index (χ0n) is 9.56. The van der Waals surface area contributed by atoms with E-state index in [-0.39, 0.29) is 5.56 Å². The highest BCUT2D eigenvalue weighted by Gasteiger charge is 2.05. The van der Waals surface area contributed by atoms with Gasteiger partial charge in [0.25, 0.3) is 5.56 Å². The Balaban J connectivity index is 2.37. The number of aryl methyl sites for hydroxylation is 1. The highest BCUT2D eigenvalue weighted by Crippen LogP contribution is 2.23. The monoisotopic (exact) mass is 248 g/mol. The van der Waals surface area contributed by atoms with Crippen LogP contribution in [0, 0.1) is 6.92 Å². The Morgan fingerprint density at radius 2 is 1.82 bits per heavy atom. The van der Waals surface area contributed by atoms with Gasteiger partial charge in [-0.3, -0.25) is 9.36 Å². The Morgan fingerprint density at radius 3 is 2.47 bits per heavy atom. The van der Waals surface area contributed by atoms with Gasteiger partial charge in [0.05, 0.1) is 4.90 Å². The molecule has 1 aromatic carbocycles. The van der Waals surface area contributed by atoms with Gasteiger partial charge < -0.3 is 4.98 Å². The fraction of sp³-hybridized carbons (Fsp3) is 0.167. The molecule has 0 unspecified atom stereocenters. The third kappa shape index (κ3) is 2.50. The number of rotatable bonds is 2. The predicted octanol–water partition coefficient (Wildman–Crippen LogP) is 1.53. The van der Waals surface area contributed by atoms with E-state index in [9.17, 15) is 9.59 Å². The molecule has 4 nitrogen and oxygen atoms in total. The van der Waals surface area contributed by atoms with Crippen LogP contribution in [0.1, 0.15) is 5.56 Å². The third-order valence-corrected chi connectivity index (χ3v) is 3.42. The van der Waals surface area contributed by atoms with Crippen molar-refractivity contribution in [1.82, 2.24) is 9.55 Å². The van der Waals surface area contributed by atoms with Crippen LogP contribution in [0.15, 0.2) is 49.8 Å². The Bertz CT molecular complexity index is 641. The molecular weight excluding hydrogens is 236 g/mol. The number of hydrogen-bond donors (Lipinski definition) is 1. The van der Waals surface area contributed by atoms with Crippen molar-refractivity contribution >= 4 is 11.8 Å². The molecule has 0 atom stereocenters. The van der Waals surface area contributed by atoms with Crippen LogP contribution in [0.25, 0.3) is 0 Å². The fourth-order valence-electron chi connectivity index (χ4n) is 1.35. The molecule has 0 bridgehead atoms. The molecule has 17 heavy (non-hydrogen) atoms.